The summed E-state index contributed by atoms with van der Waals surface area (Å²) in [4.78, 5) is 21.7. The lowest BCUT2D eigenvalue weighted by Crippen LogP contribution is -2.29. The van der Waals surface area contributed by atoms with Gasteiger partial charge in [-0.1, -0.05) is 6.42 Å². The number of nitrogens with zero attached hydrogens (tertiary/aromatic N) is 6. The Balaban J connectivity index is 1.21. The highest BCUT2D eigenvalue weighted by molar-refractivity contribution is 6.01. The maximum atomic E-state index is 14.7. The Bertz CT molecular complexity index is 1920. The fraction of sp³-hybridized carbons (Fsp3) is 0.294. The van der Waals surface area contributed by atoms with E-state index in [1.807, 2.05) is 49.7 Å². The van der Waals surface area contributed by atoms with E-state index in [0.29, 0.717) is 17.9 Å². The van der Waals surface area contributed by atoms with Crippen molar-refractivity contribution in [3.8, 4) is 39.5 Å². The van der Waals surface area contributed by atoms with Crippen LogP contribution in [-0.2, 0) is 6.54 Å². The number of rotatable bonds is 9. The fourth-order valence-electron chi connectivity index (χ4n) is 5.93. The lowest BCUT2D eigenvalue weighted by molar-refractivity contribution is 0.220. The number of likely N-dealkylation sites (N-methyl/N-ethyl adjacent to an activating group) is 1. The van der Waals surface area contributed by atoms with E-state index in [4.69, 9.17) is 9.72 Å². The minimum Gasteiger partial charge on any atom is -0.492 e. The molecular formula is C34H35FN8O. The zero-order valence-electron chi connectivity index (χ0n) is 25.0. The van der Waals surface area contributed by atoms with Crippen LogP contribution in [0.1, 0.15) is 24.8 Å². The molecule has 1 saturated heterocycles. The Kier molecular flexibility index (Phi) is 7.76. The van der Waals surface area contributed by atoms with Gasteiger partial charge in [-0.3, -0.25) is 25.0 Å². The van der Waals surface area contributed by atoms with Crippen LogP contribution >= 0.6 is 0 Å². The maximum Gasteiger partial charge on any atom is 0.127 e. The van der Waals surface area contributed by atoms with Gasteiger partial charge in [-0.2, -0.15) is 5.10 Å². The number of hydrogen-bond acceptors (Lipinski definition) is 7. The van der Waals surface area contributed by atoms with Crippen LogP contribution in [0, 0.1) is 5.82 Å². The number of aromatic nitrogens is 6. The van der Waals surface area contributed by atoms with Gasteiger partial charge in [0.15, 0.2) is 0 Å². The van der Waals surface area contributed by atoms with Crippen LogP contribution in [0.5, 0.6) is 5.75 Å². The van der Waals surface area contributed by atoms with Crippen LogP contribution in [0.25, 0.3) is 55.6 Å². The van der Waals surface area contributed by atoms with Crippen LogP contribution in [-0.4, -0.2) is 80.3 Å². The minimum atomic E-state index is -0.358. The van der Waals surface area contributed by atoms with Crippen LogP contribution in [0.4, 0.5) is 4.39 Å². The highest BCUT2D eigenvalue weighted by Gasteiger charge is 2.17. The quantitative estimate of drug-likeness (QED) is 0.204. The molecule has 1 fully saturated rings. The molecule has 1 aliphatic rings. The number of halogens is 1. The molecule has 7 rings (SSSR count). The molecule has 1 aliphatic heterocycles. The van der Waals surface area contributed by atoms with Crippen molar-refractivity contribution >= 4 is 21.8 Å². The van der Waals surface area contributed by atoms with Gasteiger partial charge in [0.05, 0.1) is 34.8 Å². The van der Waals surface area contributed by atoms with Crippen molar-refractivity contribution in [3.63, 3.8) is 0 Å². The molecule has 0 bridgehead atoms. The first kappa shape index (κ1) is 28.1. The van der Waals surface area contributed by atoms with E-state index in [2.05, 4.69) is 42.2 Å². The van der Waals surface area contributed by atoms with Crippen molar-refractivity contribution in [2.24, 2.45) is 0 Å². The number of fused-ring (bicyclic) bond motifs is 2. The van der Waals surface area contributed by atoms with Gasteiger partial charge < -0.3 is 14.6 Å². The van der Waals surface area contributed by atoms with Gasteiger partial charge in [0.2, 0.25) is 0 Å². The van der Waals surface area contributed by atoms with E-state index < -0.39 is 0 Å². The van der Waals surface area contributed by atoms with Crippen molar-refractivity contribution < 1.29 is 9.13 Å². The molecule has 0 amide bonds. The van der Waals surface area contributed by atoms with E-state index in [0.717, 1.165) is 76.2 Å². The van der Waals surface area contributed by atoms with E-state index in [1.165, 1.54) is 37.0 Å². The molecule has 0 aliphatic carbocycles. The molecule has 5 aromatic heterocycles. The van der Waals surface area contributed by atoms with Crippen molar-refractivity contribution in [1.29, 1.82) is 0 Å². The summed E-state index contributed by atoms with van der Waals surface area (Å²) in [7, 11) is 3.95. The SMILES string of the molecule is CN(C)CCOc1cc(F)cc(-c2cncc3[nH]c(-c4n[nH]c5cnc(-c6cncc(CN7CCCCC7)c6)cc45)cc23)c1. The first-order valence-electron chi connectivity index (χ1n) is 15.1. The Labute approximate surface area is 255 Å². The molecule has 0 unspecified atom stereocenters. The topological polar surface area (TPSA) is 98.8 Å². The smallest absolute Gasteiger partial charge is 0.127 e. The highest BCUT2D eigenvalue weighted by atomic mass is 19.1. The molecule has 9 nitrogen and oxygen atoms in total. The Hall–Kier alpha value is -4.67. The minimum absolute atomic E-state index is 0.358. The second-order valence-electron chi connectivity index (χ2n) is 11.8. The third-order valence-electron chi connectivity index (χ3n) is 8.18. The van der Waals surface area contributed by atoms with Gasteiger partial charge in [-0.25, -0.2) is 4.39 Å². The molecule has 0 spiro atoms. The summed E-state index contributed by atoms with van der Waals surface area (Å²) in [5, 5.41) is 9.63. The molecule has 0 atom stereocenters. The number of pyridine rings is 3. The lowest BCUT2D eigenvalue weighted by atomic mass is 10.0. The predicted octanol–water partition coefficient (Wildman–Crippen LogP) is 6.30. The summed E-state index contributed by atoms with van der Waals surface area (Å²) >= 11 is 0. The second-order valence-corrected chi connectivity index (χ2v) is 11.8. The van der Waals surface area contributed by atoms with Gasteiger partial charge in [0, 0.05) is 59.6 Å². The molecule has 44 heavy (non-hydrogen) atoms. The van der Waals surface area contributed by atoms with Crippen LogP contribution in [0.15, 0.2) is 67.4 Å². The number of aromatic amines is 2. The molecule has 1 aromatic carbocycles. The standard InChI is InChI=1S/C34H35FN8O/c1-42(2)8-9-44-26-12-23(11-25(35)13-26)29-18-37-19-32-27(29)14-31(39-32)34-28-15-30(38-20-33(28)40-41-34)24-10-22(16-36-17-24)21-43-6-4-3-5-7-43/h10-20,39H,3-9,21H2,1-2H3,(H,40,41). The monoisotopic (exact) mass is 590 g/mol. The van der Waals surface area contributed by atoms with Crippen LogP contribution in [0.3, 0.4) is 0 Å². The van der Waals surface area contributed by atoms with Crippen LogP contribution in [0.2, 0.25) is 0 Å². The summed E-state index contributed by atoms with van der Waals surface area (Å²) in [5.41, 5.74) is 7.78. The van der Waals surface area contributed by atoms with Crippen molar-refractivity contribution in [2.45, 2.75) is 25.8 Å². The number of ether oxygens (including phenoxy) is 1. The van der Waals surface area contributed by atoms with Gasteiger partial charge in [-0.05, 0) is 81.5 Å². The molecule has 0 saturated carbocycles. The van der Waals surface area contributed by atoms with Crippen molar-refractivity contribution in [1.82, 2.24) is 39.9 Å². The number of hydrogen-bond donors (Lipinski definition) is 2. The summed E-state index contributed by atoms with van der Waals surface area (Å²) in [6.45, 7) is 4.38. The van der Waals surface area contributed by atoms with E-state index in [9.17, 15) is 4.39 Å². The normalized spacial score (nSPS) is 14.2. The third-order valence-corrected chi connectivity index (χ3v) is 8.18. The fourth-order valence-corrected chi connectivity index (χ4v) is 5.93. The van der Waals surface area contributed by atoms with E-state index in [-0.39, 0.29) is 5.82 Å². The number of nitrogens with one attached hydrogen (secondary N) is 2. The lowest BCUT2D eigenvalue weighted by Gasteiger charge is -2.26. The van der Waals surface area contributed by atoms with E-state index >= 15 is 0 Å². The second kappa shape index (κ2) is 12.1. The molecular weight excluding hydrogens is 555 g/mol. The number of likely N-dealkylation sites (tertiary alicyclic amines) is 1. The summed E-state index contributed by atoms with van der Waals surface area (Å²) in [6, 6.07) is 11.1. The first-order chi connectivity index (χ1) is 21.5. The molecule has 6 heterocycles. The van der Waals surface area contributed by atoms with Crippen molar-refractivity contribution in [2.75, 3.05) is 40.3 Å². The largest absolute Gasteiger partial charge is 0.492 e. The zero-order chi connectivity index (χ0) is 30.0. The van der Waals surface area contributed by atoms with Gasteiger partial charge in [0.25, 0.3) is 0 Å². The Morgan fingerprint density at radius 3 is 2.59 bits per heavy atom. The zero-order valence-corrected chi connectivity index (χ0v) is 25.0. The van der Waals surface area contributed by atoms with Gasteiger partial charge in [0.1, 0.15) is 23.9 Å². The summed E-state index contributed by atoms with van der Waals surface area (Å²) < 4.78 is 20.5. The maximum absolute atomic E-state index is 14.7. The van der Waals surface area contributed by atoms with Gasteiger partial charge in [-0.15, -0.1) is 0 Å². The number of benzene rings is 1. The van der Waals surface area contributed by atoms with Gasteiger partial charge >= 0.3 is 0 Å². The Morgan fingerprint density at radius 1 is 0.864 bits per heavy atom. The average Bonchev–Trinajstić information content (AvgIpc) is 3.65. The van der Waals surface area contributed by atoms with E-state index in [1.54, 1.807) is 12.4 Å². The molecule has 6 aromatic rings. The van der Waals surface area contributed by atoms with Crippen LogP contribution < -0.4 is 4.74 Å². The molecule has 10 heteroatoms. The first-order valence-corrected chi connectivity index (χ1v) is 15.1. The number of H-pyrrole nitrogens is 2. The molecule has 0 radical (unpaired) electrons. The van der Waals surface area contributed by atoms with Crippen molar-refractivity contribution in [3.05, 3.63) is 78.8 Å². The average molecular weight is 591 g/mol. The highest BCUT2D eigenvalue weighted by Crippen LogP contribution is 2.35. The Morgan fingerprint density at radius 2 is 1.73 bits per heavy atom. The summed E-state index contributed by atoms with van der Waals surface area (Å²) in [5.74, 6) is 0.130. The molecule has 2 N–H and O–H groups in total. The molecule has 224 valence electrons. The predicted molar refractivity (Wildman–Crippen MR) is 171 cm³/mol. The summed E-state index contributed by atoms with van der Waals surface area (Å²) in [6.07, 6.45) is 13.0. The third kappa shape index (κ3) is 5.91. The number of piperidine rings is 1.